The summed E-state index contributed by atoms with van der Waals surface area (Å²) in [7, 11) is 0. The molecule has 2 aromatic rings. The van der Waals surface area contributed by atoms with Crippen LogP contribution in [0.25, 0.3) is 11.1 Å². The molecule has 3 saturated heterocycles. The van der Waals surface area contributed by atoms with Crippen molar-refractivity contribution < 1.29 is 9.90 Å². The van der Waals surface area contributed by atoms with Crippen LogP contribution >= 0.6 is 0 Å². The van der Waals surface area contributed by atoms with E-state index in [0.717, 1.165) is 68.8 Å². The molecule has 2 bridgehead atoms. The first kappa shape index (κ1) is 23.1. The van der Waals surface area contributed by atoms with Gasteiger partial charge in [-0.05, 0) is 73.1 Å². The van der Waals surface area contributed by atoms with Crippen LogP contribution < -0.4 is 0 Å². The van der Waals surface area contributed by atoms with Gasteiger partial charge in [0.2, 0.25) is 0 Å². The van der Waals surface area contributed by atoms with E-state index in [2.05, 4.69) is 28.5 Å². The topological polar surface area (TPSA) is 47.0 Å². The van der Waals surface area contributed by atoms with Crippen LogP contribution in [0, 0.1) is 0 Å². The molecule has 1 N–H and O–H groups in total. The quantitative estimate of drug-likeness (QED) is 0.624. The molecule has 0 radical (unpaired) electrons. The molecule has 180 valence electrons. The summed E-state index contributed by atoms with van der Waals surface area (Å²) in [5.74, 6) is 0.378. The standard InChI is InChI=1S/C29H37N3O2/c1-2-14-30-17-13-25-8-6-9-26(21-30)32(25)20-24-12-11-23(29(34)31-15-3-4-16-31)19-28(24)22-7-5-10-27(33)18-22/h2,5,7,10-12,18-19,25-26,33H,1,3-4,6,8-9,13-17,20-21H2. The smallest absolute Gasteiger partial charge is 0.253 e. The van der Waals surface area contributed by atoms with Gasteiger partial charge in [0, 0.05) is 56.9 Å². The lowest BCUT2D eigenvalue weighted by Gasteiger charge is -2.41. The van der Waals surface area contributed by atoms with E-state index in [-0.39, 0.29) is 11.7 Å². The molecule has 2 aromatic carbocycles. The van der Waals surface area contributed by atoms with Crippen molar-refractivity contribution in [3.8, 4) is 16.9 Å². The van der Waals surface area contributed by atoms with Crippen molar-refractivity contribution in [1.82, 2.24) is 14.7 Å². The molecule has 5 nitrogen and oxygen atoms in total. The van der Waals surface area contributed by atoms with Crippen LogP contribution in [0.1, 0.15) is 54.4 Å². The maximum atomic E-state index is 13.2. The van der Waals surface area contributed by atoms with Gasteiger partial charge in [0.05, 0.1) is 0 Å². The number of amides is 1. The summed E-state index contributed by atoms with van der Waals surface area (Å²) in [4.78, 5) is 20.4. The van der Waals surface area contributed by atoms with Crippen molar-refractivity contribution in [2.75, 3.05) is 32.7 Å². The predicted molar refractivity (Wildman–Crippen MR) is 137 cm³/mol. The zero-order valence-corrected chi connectivity index (χ0v) is 20.2. The number of hydrogen-bond donors (Lipinski definition) is 1. The highest BCUT2D eigenvalue weighted by atomic mass is 16.3. The minimum absolute atomic E-state index is 0.122. The van der Waals surface area contributed by atoms with Gasteiger partial charge in [-0.2, -0.15) is 0 Å². The normalized spacial score (nSPS) is 23.6. The highest BCUT2D eigenvalue weighted by molar-refractivity contribution is 5.96. The molecule has 5 rings (SSSR count). The number of nitrogens with zero attached hydrogens (tertiary/aromatic N) is 3. The van der Waals surface area contributed by atoms with E-state index in [1.807, 2.05) is 35.2 Å². The SMILES string of the molecule is C=CCN1CCC2CCCC(C1)N2Cc1ccc(C(=O)N2CCCC2)cc1-c1cccc(O)c1. The molecule has 2 unspecified atom stereocenters. The van der Waals surface area contributed by atoms with Gasteiger partial charge in [-0.25, -0.2) is 0 Å². The number of rotatable bonds is 6. The van der Waals surface area contributed by atoms with E-state index >= 15 is 0 Å². The lowest BCUT2D eigenvalue weighted by atomic mass is 9.91. The van der Waals surface area contributed by atoms with Gasteiger partial charge in [0.25, 0.3) is 5.91 Å². The number of carbonyl (C=O) groups excluding carboxylic acids is 1. The maximum Gasteiger partial charge on any atom is 0.253 e. The Morgan fingerprint density at radius 3 is 2.62 bits per heavy atom. The molecule has 2 atom stereocenters. The Labute approximate surface area is 203 Å². The van der Waals surface area contributed by atoms with Crippen molar-refractivity contribution >= 4 is 5.91 Å². The van der Waals surface area contributed by atoms with E-state index < -0.39 is 0 Å². The number of likely N-dealkylation sites (tertiary alicyclic amines) is 1. The Morgan fingerprint density at radius 2 is 1.82 bits per heavy atom. The van der Waals surface area contributed by atoms with Gasteiger partial charge in [-0.3, -0.25) is 14.6 Å². The van der Waals surface area contributed by atoms with Crippen molar-refractivity contribution in [3.63, 3.8) is 0 Å². The van der Waals surface area contributed by atoms with Gasteiger partial charge in [-0.1, -0.05) is 30.7 Å². The number of piperidine rings is 1. The summed E-state index contributed by atoms with van der Waals surface area (Å²) < 4.78 is 0. The zero-order chi connectivity index (χ0) is 23.5. The van der Waals surface area contributed by atoms with Crippen LogP contribution in [0.5, 0.6) is 5.75 Å². The third-order valence-electron chi connectivity index (χ3n) is 7.91. The second kappa shape index (κ2) is 10.3. The summed E-state index contributed by atoms with van der Waals surface area (Å²) in [6.45, 7) is 9.71. The molecule has 0 aromatic heterocycles. The third-order valence-corrected chi connectivity index (χ3v) is 7.91. The molecule has 0 spiro atoms. The van der Waals surface area contributed by atoms with Gasteiger partial charge in [0.1, 0.15) is 5.75 Å². The van der Waals surface area contributed by atoms with E-state index in [1.54, 1.807) is 6.07 Å². The molecule has 3 aliphatic heterocycles. The third kappa shape index (κ3) is 4.91. The fourth-order valence-electron chi connectivity index (χ4n) is 6.14. The minimum Gasteiger partial charge on any atom is -0.508 e. The Balaban J connectivity index is 1.47. The van der Waals surface area contributed by atoms with Crippen molar-refractivity contribution in [3.05, 3.63) is 66.2 Å². The molecule has 0 aliphatic carbocycles. The molecular weight excluding hydrogens is 422 g/mol. The zero-order valence-electron chi connectivity index (χ0n) is 20.2. The van der Waals surface area contributed by atoms with E-state index in [9.17, 15) is 9.90 Å². The second-order valence-electron chi connectivity index (χ2n) is 10.2. The molecule has 3 heterocycles. The number of carbonyl (C=O) groups is 1. The highest BCUT2D eigenvalue weighted by Gasteiger charge is 2.35. The van der Waals surface area contributed by atoms with E-state index in [1.165, 1.54) is 31.2 Å². The van der Waals surface area contributed by atoms with Gasteiger partial charge >= 0.3 is 0 Å². The largest absolute Gasteiger partial charge is 0.508 e. The predicted octanol–water partition coefficient (Wildman–Crippen LogP) is 4.91. The number of hydrogen-bond acceptors (Lipinski definition) is 4. The Kier molecular flexibility index (Phi) is 7.02. The minimum atomic E-state index is 0.122. The molecular formula is C29H37N3O2. The fraction of sp³-hybridized carbons (Fsp3) is 0.483. The van der Waals surface area contributed by atoms with Gasteiger partial charge < -0.3 is 10.0 Å². The summed E-state index contributed by atoms with van der Waals surface area (Å²) >= 11 is 0. The molecule has 34 heavy (non-hydrogen) atoms. The van der Waals surface area contributed by atoms with Gasteiger partial charge in [-0.15, -0.1) is 6.58 Å². The molecule has 3 aliphatic rings. The first-order valence-corrected chi connectivity index (χ1v) is 12.9. The summed E-state index contributed by atoms with van der Waals surface area (Å²) in [5.41, 5.74) is 4.01. The molecule has 0 saturated carbocycles. The maximum absolute atomic E-state index is 13.2. The average Bonchev–Trinajstić information content (AvgIpc) is 3.36. The van der Waals surface area contributed by atoms with Crippen molar-refractivity contribution in [1.29, 1.82) is 0 Å². The summed E-state index contributed by atoms with van der Waals surface area (Å²) in [6, 6.07) is 14.8. The van der Waals surface area contributed by atoms with Crippen LogP contribution in [0.2, 0.25) is 0 Å². The fourth-order valence-corrected chi connectivity index (χ4v) is 6.14. The number of aromatic hydroxyl groups is 1. The van der Waals surface area contributed by atoms with Crippen LogP contribution in [-0.4, -0.2) is 70.5 Å². The highest BCUT2D eigenvalue weighted by Crippen LogP contribution is 2.34. The van der Waals surface area contributed by atoms with Crippen LogP contribution in [-0.2, 0) is 6.54 Å². The van der Waals surface area contributed by atoms with Crippen molar-refractivity contribution in [2.24, 2.45) is 0 Å². The number of phenols is 1. The van der Waals surface area contributed by atoms with Crippen LogP contribution in [0.3, 0.4) is 0 Å². The lowest BCUT2D eigenvalue weighted by Crippen LogP contribution is -2.47. The first-order valence-electron chi connectivity index (χ1n) is 12.9. The number of benzene rings is 2. The van der Waals surface area contributed by atoms with Gasteiger partial charge in [0.15, 0.2) is 0 Å². The second-order valence-corrected chi connectivity index (χ2v) is 10.2. The Hall–Kier alpha value is -2.63. The van der Waals surface area contributed by atoms with Crippen LogP contribution in [0.4, 0.5) is 0 Å². The molecule has 3 fully saturated rings. The van der Waals surface area contributed by atoms with Crippen molar-refractivity contribution in [2.45, 2.75) is 57.2 Å². The Bertz CT molecular complexity index is 1030. The lowest BCUT2D eigenvalue weighted by molar-refractivity contribution is 0.0782. The van der Waals surface area contributed by atoms with E-state index in [0.29, 0.717) is 12.1 Å². The number of phenolic OH excluding ortho intramolecular Hbond substituents is 1. The summed E-state index contributed by atoms with van der Waals surface area (Å²) in [6.07, 6.45) is 9.18. The average molecular weight is 460 g/mol. The summed E-state index contributed by atoms with van der Waals surface area (Å²) in [5, 5.41) is 10.2. The first-order chi connectivity index (χ1) is 16.6. The van der Waals surface area contributed by atoms with Crippen LogP contribution in [0.15, 0.2) is 55.1 Å². The molecule has 5 heteroatoms. The number of fused-ring (bicyclic) bond motifs is 2. The van der Waals surface area contributed by atoms with E-state index in [4.69, 9.17) is 0 Å². The monoisotopic (exact) mass is 459 g/mol. The molecule has 1 amide bonds. The Morgan fingerprint density at radius 1 is 1.00 bits per heavy atom.